The molecule has 0 unspecified atom stereocenters. The quantitative estimate of drug-likeness (QED) is 0.720. The van der Waals surface area contributed by atoms with E-state index in [2.05, 4.69) is 20.2 Å². The van der Waals surface area contributed by atoms with Crippen molar-refractivity contribution in [1.82, 2.24) is 15.3 Å². The van der Waals surface area contributed by atoms with Crippen molar-refractivity contribution < 1.29 is 4.74 Å². The van der Waals surface area contributed by atoms with E-state index in [9.17, 15) is 0 Å². The zero-order valence-electron chi connectivity index (χ0n) is 9.39. The minimum Gasteiger partial charge on any atom is -0.378 e. The molecule has 2 aliphatic rings. The molecule has 5 nitrogen and oxygen atoms in total. The number of hydrogen-bond acceptors (Lipinski definition) is 5. The summed E-state index contributed by atoms with van der Waals surface area (Å²) >= 11 is 0. The number of fused-ring (bicyclic) bond motifs is 1. The molecule has 2 atom stereocenters. The molecule has 0 amide bonds. The summed E-state index contributed by atoms with van der Waals surface area (Å²) in [5.41, 5.74) is 0. The first kappa shape index (κ1) is 9.99. The molecule has 0 radical (unpaired) electrons. The first-order valence-corrected chi connectivity index (χ1v) is 5.72. The lowest BCUT2D eigenvalue weighted by Gasteiger charge is -2.37. The van der Waals surface area contributed by atoms with Gasteiger partial charge in [0.05, 0.1) is 25.3 Å². The van der Waals surface area contributed by atoms with Gasteiger partial charge in [0.15, 0.2) is 0 Å². The Balaban J connectivity index is 1.88. The van der Waals surface area contributed by atoms with Gasteiger partial charge in [0, 0.05) is 19.3 Å². The number of ether oxygens (including phenoxy) is 1. The topological polar surface area (TPSA) is 50.3 Å². The van der Waals surface area contributed by atoms with Crippen LogP contribution >= 0.6 is 0 Å². The fraction of sp³-hybridized carbons (Fsp3) is 0.636. The summed E-state index contributed by atoms with van der Waals surface area (Å²) in [6.07, 6.45) is 1.82. The molecule has 1 aromatic heterocycles. The average Bonchev–Trinajstić information content (AvgIpc) is 2.76. The Kier molecular flexibility index (Phi) is 2.49. The SMILES string of the molecule is Cc1nccc(N2CCN[C@@H]3COC[C@@H]32)n1. The molecule has 2 fully saturated rings. The molecule has 0 spiro atoms. The minimum absolute atomic E-state index is 0.419. The van der Waals surface area contributed by atoms with Crippen molar-refractivity contribution in [3.05, 3.63) is 18.1 Å². The van der Waals surface area contributed by atoms with Crippen molar-refractivity contribution in [2.24, 2.45) is 0 Å². The van der Waals surface area contributed by atoms with Gasteiger partial charge in [-0.25, -0.2) is 9.97 Å². The summed E-state index contributed by atoms with van der Waals surface area (Å²) in [6, 6.07) is 2.85. The minimum atomic E-state index is 0.419. The normalized spacial score (nSPS) is 29.2. The van der Waals surface area contributed by atoms with Crippen LogP contribution in [0.4, 0.5) is 5.82 Å². The van der Waals surface area contributed by atoms with E-state index in [1.165, 1.54) is 0 Å². The van der Waals surface area contributed by atoms with Gasteiger partial charge in [0.1, 0.15) is 11.6 Å². The number of nitrogens with one attached hydrogen (secondary N) is 1. The lowest BCUT2D eigenvalue weighted by molar-refractivity contribution is 0.189. The van der Waals surface area contributed by atoms with Gasteiger partial charge in [0.2, 0.25) is 0 Å². The second-order valence-electron chi connectivity index (χ2n) is 4.32. The van der Waals surface area contributed by atoms with E-state index in [1.807, 2.05) is 19.2 Å². The van der Waals surface area contributed by atoms with Crippen LogP contribution in [0.3, 0.4) is 0 Å². The molecule has 1 N–H and O–H groups in total. The van der Waals surface area contributed by atoms with Gasteiger partial charge in [-0.05, 0) is 13.0 Å². The van der Waals surface area contributed by atoms with E-state index >= 15 is 0 Å². The lowest BCUT2D eigenvalue weighted by Crippen LogP contribution is -2.57. The lowest BCUT2D eigenvalue weighted by atomic mass is 10.1. The smallest absolute Gasteiger partial charge is 0.132 e. The zero-order chi connectivity index (χ0) is 11.0. The highest BCUT2D eigenvalue weighted by atomic mass is 16.5. The summed E-state index contributed by atoms with van der Waals surface area (Å²) in [6.45, 7) is 5.51. The average molecular weight is 220 g/mol. The fourth-order valence-electron chi connectivity index (χ4n) is 2.47. The molecule has 1 aromatic rings. The van der Waals surface area contributed by atoms with E-state index in [0.29, 0.717) is 12.1 Å². The monoisotopic (exact) mass is 220 g/mol. The van der Waals surface area contributed by atoms with Gasteiger partial charge in [-0.15, -0.1) is 0 Å². The Labute approximate surface area is 94.8 Å². The number of nitrogens with zero attached hydrogens (tertiary/aromatic N) is 3. The highest BCUT2D eigenvalue weighted by Crippen LogP contribution is 2.22. The van der Waals surface area contributed by atoms with Gasteiger partial charge in [0.25, 0.3) is 0 Å². The van der Waals surface area contributed by atoms with Crippen LogP contribution in [0.2, 0.25) is 0 Å². The van der Waals surface area contributed by atoms with Crippen molar-refractivity contribution in [3.63, 3.8) is 0 Å². The molecule has 0 saturated carbocycles. The molecule has 3 heterocycles. The summed E-state index contributed by atoms with van der Waals surface area (Å²) in [5, 5.41) is 3.49. The van der Waals surface area contributed by atoms with Crippen molar-refractivity contribution >= 4 is 5.82 Å². The second kappa shape index (κ2) is 3.99. The van der Waals surface area contributed by atoms with E-state index in [-0.39, 0.29) is 0 Å². The third-order valence-corrected chi connectivity index (χ3v) is 3.27. The van der Waals surface area contributed by atoms with Gasteiger partial charge in [-0.3, -0.25) is 0 Å². The maximum Gasteiger partial charge on any atom is 0.132 e. The molecular weight excluding hydrogens is 204 g/mol. The third-order valence-electron chi connectivity index (χ3n) is 3.27. The van der Waals surface area contributed by atoms with E-state index in [4.69, 9.17) is 4.74 Å². The highest BCUT2D eigenvalue weighted by molar-refractivity contribution is 5.41. The summed E-state index contributed by atoms with van der Waals surface area (Å²) in [4.78, 5) is 11.0. The molecule has 2 aliphatic heterocycles. The number of piperazine rings is 1. The fourth-order valence-corrected chi connectivity index (χ4v) is 2.47. The van der Waals surface area contributed by atoms with E-state index in [1.54, 1.807) is 0 Å². The Hall–Kier alpha value is -1.20. The van der Waals surface area contributed by atoms with Crippen LogP contribution in [0.1, 0.15) is 5.82 Å². The van der Waals surface area contributed by atoms with Gasteiger partial charge in [-0.1, -0.05) is 0 Å². The van der Waals surface area contributed by atoms with Crippen LogP contribution in [-0.4, -0.2) is 48.4 Å². The van der Waals surface area contributed by atoms with Crippen molar-refractivity contribution in [3.8, 4) is 0 Å². The Morgan fingerprint density at radius 2 is 2.44 bits per heavy atom. The van der Waals surface area contributed by atoms with E-state index < -0.39 is 0 Å². The summed E-state index contributed by atoms with van der Waals surface area (Å²) in [7, 11) is 0. The first-order chi connectivity index (χ1) is 7.84. The number of aryl methyl sites for hydroxylation is 1. The number of rotatable bonds is 1. The van der Waals surface area contributed by atoms with Crippen LogP contribution in [0.15, 0.2) is 12.3 Å². The van der Waals surface area contributed by atoms with Crippen molar-refractivity contribution in [2.75, 3.05) is 31.2 Å². The highest BCUT2D eigenvalue weighted by Gasteiger charge is 2.36. The number of anilines is 1. The van der Waals surface area contributed by atoms with Crippen LogP contribution in [0, 0.1) is 6.92 Å². The summed E-state index contributed by atoms with van der Waals surface area (Å²) in [5.74, 6) is 1.85. The first-order valence-electron chi connectivity index (χ1n) is 5.72. The third kappa shape index (κ3) is 1.66. The predicted molar refractivity (Wildman–Crippen MR) is 60.5 cm³/mol. The molecular formula is C11H16N4O. The molecule has 5 heteroatoms. The largest absolute Gasteiger partial charge is 0.378 e. The molecule has 86 valence electrons. The molecule has 16 heavy (non-hydrogen) atoms. The maximum atomic E-state index is 5.53. The molecule has 3 rings (SSSR count). The van der Waals surface area contributed by atoms with Crippen LogP contribution in [0.25, 0.3) is 0 Å². The van der Waals surface area contributed by atoms with E-state index in [0.717, 1.165) is 37.9 Å². The summed E-state index contributed by atoms with van der Waals surface area (Å²) < 4.78 is 5.53. The molecule has 0 aliphatic carbocycles. The van der Waals surface area contributed by atoms with Gasteiger partial charge < -0.3 is 15.0 Å². The van der Waals surface area contributed by atoms with Gasteiger partial charge >= 0.3 is 0 Å². The van der Waals surface area contributed by atoms with Crippen molar-refractivity contribution in [1.29, 1.82) is 0 Å². The van der Waals surface area contributed by atoms with Crippen LogP contribution in [0.5, 0.6) is 0 Å². The zero-order valence-corrected chi connectivity index (χ0v) is 9.39. The van der Waals surface area contributed by atoms with Gasteiger partial charge in [-0.2, -0.15) is 0 Å². The van der Waals surface area contributed by atoms with Crippen molar-refractivity contribution in [2.45, 2.75) is 19.0 Å². The molecule has 0 bridgehead atoms. The second-order valence-corrected chi connectivity index (χ2v) is 4.32. The predicted octanol–water partition coefficient (Wildman–Crippen LogP) is -0.0380. The Morgan fingerprint density at radius 3 is 3.31 bits per heavy atom. The Morgan fingerprint density at radius 1 is 1.50 bits per heavy atom. The number of aromatic nitrogens is 2. The van der Waals surface area contributed by atoms with Crippen LogP contribution in [-0.2, 0) is 4.74 Å². The molecule has 2 saturated heterocycles. The molecule has 0 aromatic carbocycles. The maximum absolute atomic E-state index is 5.53. The number of hydrogen-bond donors (Lipinski definition) is 1. The van der Waals surface area contributed by atoms with Crippen LogP contribution < -0.4 is 10.2 Å². The standard InChI is InChI=1S/C11H16N4O/c1-8-12-3-2-11(14-8)15-5-4-13-9-6-16-7-10(9)15/h2-3,9-10,13H,4-7H2,1H3/t9-,10+/m1/s1. The Bertz CT molecular complexity index is 384.